The third kappa shape index (κ3) is 7.28. The van der Waals surface area contributed by atoms with Crippen LogP contribution in [0.15, 0.2) is 37.0 Å². The molecule has 0 bridgehead atoms. The van der Waals surface area contributed by atoms with Crippen molar-refractivity contribution in [3.63, 3.8) is 0 Å². The molecule has 0 saturated heterocycles. The molecule has 2 aliphatic rings. The lowest BCUT2D eigenvalue weighted by molar-refractivity contribution is 0.217. The van der Waals surface area contributed by atoms with Gasteiger partial charge in [-0.1, -0.05) is 84.3 Å². The molecule has 0 nitrogen and oxygen atoms in total. The maximum atomic E-state index is 4.01. The van der Waals surface area contributed by atoms with E-state index in [4.69, 9.17) is 0 Å². The highest BCUT2D eigenvalue weighted by atomic mass is 14.3. The lowest BCUT2D eigenvalue weighted by Gasteiger charge is -2.32. The van der Waals surface area contributed by atoms with Gasteiger partial charge in [0.2, 0.25) is 0 Å². The molecule has 4 unspecified atom stereocenters. The summed E-state index contributed by atoms with van der Waals surface area (Å²) in [6.45, 7) is 15.8. The van der Waals surface area contributed by atoms with Gasteiger partial charge in [0.1, 0.15) is 0 Å². The maximum Gasteiger partial charge on any atom is -0.00532 e. The fraction of sp³-hybridized carbons (Fsp3) is 0.778. The average molecular weight is 371 g/mol. The van der Waals surface area contributed by atoms with Gasteiger partial charge in [-0.05, 0) is 79.4 Å². The zero-order valence-electron chi connectivity index (χ0n) is 18.9. The van der Waals surface area contributed by atoms with E-state index in [9.17, 15) is 0 Å². The van der Waals surface area contributed by atoms with Crippen LogP contribution in [0.5, 0.6) is 0 Å². The van der Waals surface area contributed by atoms with Gasteiger partial charge in [0.25, 0.3) is 0 Å². The Morgan fingerprint density at radius 2 is 1.67 bits per heavy atom. The first-order valence-corrected chi connectivity index (χ1v) is 11.8. The van der Waals surface area contributed by atoms with Crippen LogP contribution in [0.2, 0.25) is 0 Å². The topological polar surface area (TPSA) is 0 Å². The zero-order chi connectivity index (χ0) is 19.9. The normalized spacial score (nSPS) is 31.7. The fourth-order valence-electron chi connectivity index (χ4n) is 5.25. The highest BCUT2D eigenvalue weighted by molar-refractivity contribution is 5.08. The van der Waals surface area contributed by atoms with E-state index in [1.165, 1.54) is 57.8 Å². The highest BCUT2D eigenvalue weighted by Crippen LogP contribution is 2.38. The second-order valence-electron chi connectivity index (χ2n) is 10.6. The Labute approximate surface area is 170 Å². The summed E-state index contributed by atoms with van der Waals surface area (Å²) in [6, 6.07) is 0. The van der Waals surface area contributed by atoms with Crippen molar-refractivity contribution < 1.29 is 0 Å². The molecular weight excluding hydrogens is 324 g/mol. The van der Waals surface area contributed by atoms with Crippen molar-refractivity contribution >= 4 is 0 Å². The quantitative estimate of drug-likeness (QED) is 0.375. The lowest BCUT2D eigenvalue weighted by atomic mass is 9.73. The monoisotopic (exact) mass is 370 g/mol. The molecule has 154 valence electrons. The Morgan fingerprint density at radius 1 is 1.00 bits per heavy atom. The van der Waals surface area contributed by atoms with Gasteiger partial charge in [-0.2, -0.15) is 0 Å². The standard InChI is InChI=1S/C27H46/c1-7-21(3)25(8-2)20-24-14-12-22(13-15-24)10-9-11-23-16-18-26(19-17-23)27(4,5)6/h7,9,11,16,18,21-26H,1,8,10,12-15,17,19-20H2,2-6H3/b11-9-. The van der Waals surface area contributed by atoms with Crippen molar-refractivity contribution in [3.05, 3.63) is 37.0 Å². The summed E-state index contributed by atoms with van der Waals surface area (Å²) >= 11 is 0. The van der Waals surface area contributed by atoms with Crippen molar-refractivity contribution in [2.75, 3.05) is 0 Å². The number of rotatable bonds is 8. The molecule has 4 atom stereocenters. The molecule has 1 saturated carbocycles. The van der Waals surface area contributed by atoms with E-state index in [1.807, 2.05) is 0 Å². The summed E-state index contributed by atoms with van der Waals surface area (Å²) in [5.74, 6) is 4.87. The van der Waals surface area contributed by atoms with Crippen LogP contribution in [-0.2, 0) is 0 Å². The van der Waals surface area contributed by atoms with Crippen LogP contribution in [0.1, 0.15) is 92.4 Å². The van der Waals surface area contributed by atoms with Crippen molar-refractivity contribution in [1.29, 1.82) is 0 Å². The first-order chi connectivity index (χ1) is 12.8. The first-order valence-electron chi connectivity index (χ1n) is 11.8. The summed E-state index contributed by atoms with van der Waals surface area (Å²) in [7, 11) is 0. The molecule has 0 radical (unpaired) electrons. The molecule has 0 amide bonds. The van der Waals surface area contributed by atoms with E-state index in [1.54, 1.807) is 0 Å². The molecule has 0 aliphatic heterocycles. The maximum absolute atomic E-state index is 4.01. The van der Waals surface area contributed by atoms with E-state index in [0.717, 1.165) is 23.7 Å². The Hall–Kier alpha value is -0.780. The molecule has 0 heterocycles. The highest BCUT2D eigenvalue weighted by Gasteiger charge is 2.26. The first kappa shape index (κ1) is 22.5. The SMILES string of the molecule is C=CC(C)C(CC)CC1CCC(C/C=C\C2C=CC(C(C)(C)C)CC2)CC1. The number of hydrogen-bond acceptors (Lipinski definition) is 0. The molecule has 0 aromatic carbocycles. The van der Waals surface area contributed by atoms with Crippen LogP contribution in [0.4, 0.5) is 0 Å². The molecule has 1 fully saturated rings. The molecule has 0 heteroatoms. The Kier molecular flexibility index (Phi) is 8.90. The van der Waals surface area contributed by atoms with Crippen molar-refractivity contribution in [2.24, 2.45) is 40.9 Å². The van der Waals surface area contributed by atoms with Gasteiger partial charge in [-0.3, -0.25) is 0 Å². The van der Waals surface area contributed by atoms with E-state index < -0.39 is 0 Å². The van der Waals surface area contributed by atoms with Crippen LogP contribution >= 0.6 is 0 Å². The largest absolute Gasteiger partial charge is 0.103 e. The predicted octanol–water partition coefficient (Wildman–Crippen LogP) is 8.61. The second-order valence-corrected chi connectivity index (χ2v) is 10.6. The van der Waals surface area contributed by atoms with Crippen LogP contribution in [-0.4, -0.2) is 0 Å². The predicted molar refractivity (Wildman–Crippen MR) is 122 cm³/mol. The molecule has 0 N–H and O–H groups in total. The molecule has 0 aromatic heterocycles. The van der Waals surface area contributed by atoms with Crippen molar-refractivity contribution in [3.8, 4) is 0 Å². The molecule has 27 heavy (non-hydrogen) atoms. The molecule has 0 spiro atoms. The smallest absolute Gasteiger partial charge is 0.00532 e. The van der Waals surface area contributed by atoms with Crippen LogP contribution < -0.4 is 0 Å². The number of allylic oxidation sites excluding steroid dienone is 5. The molecule has 2 aliphatic carbocycles. The van der Waals surface area contributed by atoms with E-state index in [0.29, 0.717) is 17.3 Å². The zero-order valence-corrected chi connectivity index (χ0v) is 18.9. The Morgan fingerprint density at radius 3 is 2.19 bits per heavy atom. The summed E-state index contributed by atoms with van der Waals surface area (Å²) in [4.78, 5) is 0. The van der Waals surface area contributed by atoms with Gasteiger partial charge in [0, 0.05) is 0 Å². The van der Waals surface area contributed by atoms with E-state index in [2.05, 4.69) is 71.6 Å². The average Bonchev–Trinajstić information content (AvgIpc) is 2.66. The molecular formula is C27H46. The van der Waals surface area contributed by atoms with Gasteiger partial charge in [-0.15, -0.1) is 6.58 Å². The fourth-order valence-corrected chi connectivity index (χ4v) is 5.25. The molecule has 2 rings (SSSR count). The second kappa shape index (κ2) is 10.7. The summed E-state index contributed by atoms with van der Waals surface area (Å²) < 4.78 is 0. The minimum absolute atomic E-state index is 0.421. The van der Waals surface area contributed by atoms with E-state index in [-0.39, 0.29) is 0 Å². The van der Waals surface area contributed by atoms with Gasteiger partial charge >= 0.3 is 0 Å². The van der Waals surface area contributed by atoms with Gasteiger partial charge in [0.15, 0.2) is 0 Å². The van der Waals surface area contributed by atoms with Crippen LogP contribution in [0.25, 0.3) is 0 Å². The minimum Gasteiger partial charge on any atom is -0.103 e. The molecule has 0 aromatic rings. The van der Waals surface area contributed by atoms with Gasteiger partial charge in [0.05, 0.1) is 0 Å². The van der Waals surface area contributed by atoms with Gasteiger partial charge < -0.3 is 0 Å². The number of hydrogen-bond donors (Lipinski definition) is 0. The van der Waals surface area contributed by atoms with Crippen molar-refractivity contribution in [2.45, 2.75) is 92.4 Å². The van der Waals surface area contributed by atoms with Crippen molar-refractivity contribution in [1.82, 2.24) is 0 Å². The Bertz CT molecular complexity index is 481. The summed E-state index contributed by atoms with van der Waals surface area (Å²) in [5, 5.41) is 0. The summed E-state index contributed by atoms with van der Waals surface area (Å²) in [5.41, 5.74) is 0.421. The van der Waals surface area contributed by atoms with E-state index >= 15 is 0 Å². The van der Waals surface area contributed by atoms with Crippen LogP contribution in [0.3, 0.4) is 0 Å². The Balaban J connectivity index is 1.69. The third-order valence-corrected chi connectivity index (χ3v) is 7.61. The lowest BCUT2D eigenvalue weighted by Crippen LogP contribution is -2.21. The minimum atomic E-state index is 0.421. The van der Waals surface area contributed by atoms with Crippen LogP contribution in [0, 0.1) is 40.9 Å². The van der Waals surface area contributed by atoms with Gasteiger partial charge in [-0.25, -0.2) is 0 Å². The third-order valence-electron chi connectivity index (χ3n) is 7.61. The summed E-state index contributed by atoms with van der Waals surface area (Å²) in [6.07, 6.45) is 24.6.